The molecule has 0 heterocycles. The topological polar surface area (TPSA) is 83.5 Å². The summed E-state index contributed by atoms with van der Waals surface area (Å²) in [4.78, 5) is 9.96. The Kier molecular flexibility index (Phi) is 4.65. The standard InChI is InChI=1S/C6H13NO4S/c1-2-3-4-5-12(10,11)7-6(8)9/h7H,2-5H2,1H3,(H,8,9). The Morgan fingerprint density at radius 3 is 2.42 bits per heavy atom. The van der Waals surface area contributed by atoms with Crippen LogP contribution in [-0.4, -0.2) is 25.4 Å². The maximum Gasteiger partial charge on any atom is 0.418 e. The first kappa shape index (κ1) is 11.2. The SMILES string of the molecule is CCCCCS(=O)(=O)NC(=O)O. The molecule has 0 aromatic heterocycles. The number of amides is 1. The molecule has 0 aromatic rings. The number of sulfonamides is 1. The zero-order valence-corrected chi connectivity index (χ0v) is 7.73. The Hall–Kier alpha value is -0.780. The molecule has 0 atom stereocenters. The number of unbranched alkanes of at least 4 members (excludes halogenated alkanes) is 2. The Morgan fingerprint density at radius 1 is 1.42 bits per heavy atom. The van der Waals surface area contributed by atoms with Crippen LogP contribution in [0.3, 0.4) is 0 Å². The van der Waals surface area contributed by atoms with Gasteiger partial charge in [-0.3, -0.25) is 0 Å². The number of carboxylic acid groups (broad SMARTS) is 1. The molecule has 0 spiro atoms. The minimum atomic E-state index is -3.60. The van der Waals surface area contributed by atoms with Gasteiger partial charge in [0.2, 0.25) is 10.0 Å². The third kappa shape index (κ3) is 5.96. The van der Waals surface area contributed by atoms with Crippen molar-refractivity contribution < 1.29 is 18.3 Å². The van der Waals surface area contributed by atoms with Gasteiger partial charge >= 0.3 is 6.09 Å². The normalized spacial score (nSPS) is 11.1. The van der Waals surface area contributed by atoms with Crippen LogP contribution in [0.15, 0.2) is 0 Å². The fraction of sp³-hybridized carbons (Fsp3) is 0.833. The van der Waals surface area contributed by atoms with Crippen LogP contribution >= 0.6 is 0 Å². The second-order valence-electron chi connectivity index (χ2n) is 2.43. The van der Waals surface area contributed by atoms with Crippen molar-refractivity contribution in [3.8, 4) is 0 Å². The summed E-state index contributed by atoms with van der Waals surface area (Å²) in [5.41, 5.74) is 0. The van der Waals surface area contributed by atoms with E-state index in [1.54, 1.807) is 0 Å². The molecular formula is C6H13NO4S. The Morgan fingerprint density at radius 2 is 2.00 bits per heavy atom. The molecule has 0 rings (SSSR count). The molecule has 1 amide bonds. The molecule has 0 aliphatic carbocycles. The second-order valence-corrected chi connectivity index (χ2v) is 4.28. The van der Waals surface area contributed by atoms with E-state index in [1.165, 1.54) is 4.72 Å². The monoisotopic (exact) mass is 195 g/mol. The van der Waals surface area contributed by atoms with Gasteiger partial charge in [-0.2, -0.15) is 0 Å². The number of carbonyl (C=O) groups is 1. The van der Waals surface area contributed by atoms with E-state index in [-0.39, 0.29) is 5.75 Å². The molecule has 0 aromatic carbocycles. The summed E-state index contributed by atoms with van der Waals surface area (Å²) >= 11 is 0. The summed E-state index contributed by atoms with van der Waals surface area (Å²) in [5, 5.41) is 8.12. The van der Waals surface area contributed by atoms with E-state index in [1.807, 2.05) is 6.92 Å². The maximum absolute atomic E-state index is 10.8. The molecule has 6 heteroatoms. The third-order valence-electron chi connectivity index (χ3n) is 1.26. The quantitative estimate of drug-likeness (QED) is 0.635. The number of hydrogen-bond acceptors (Lipinski definition) is 3. The summed E-state index contributed by atoms with van der Waals surface area (Å²) in [5.74, 6) is -0.118. The van der Waals surface area contributed by atoms with Gasteiger partial charge < -0.3 is 5.11 Å². The number of nitrogens with one attached hydrogen (secondary N) is 1. The van der Waals surface area contributed by atoms with Gasteiger partial charge in [-0.1, -0.05) is 19.8 Å². The average Bonchev–Trinajstić information content (AvgIpc) is 1.84. The Balaban J connectivity index is 3.81. The molecule has 2 N–H and O–H groups in total. The number of hydrogen-bond donors (Lipinski definition) is 2. The van der Waals surface area contributed by atoms with Gasteiger partial charge in [-0.05, 0) is 6.42 Å². The van der Waals surface area contributed by atoms with Crippen molar-refractivity contribution in [2.45, 2.75) is 26.2 Å². The van der Waals surface area contributed by atoms with Crippen LogP contribution < -0.4 is 4.72 Å². The van der Waals surface area contributed by atoms with Crippen LogP contribution in [0.25, 0.3) is 0 Å². The molecule has 0 fully saturated rings. The summed E-state index contributed by atoms with van der Waals surface area (Å²) in [6.45, 7) is 1.94. The minimum absolute atomic E-state index is 0.118. The third-order valence-corrected chi connectivity index (χ3v) is 2.57. The van der Waals surface area contributed by atoms with Crippen molar-refractivity contribution in [3.63, 3.8) is 0 Å². The first-order valence-corrected chi connectivity index (χ1v) is 5.36. The van der Waals surface area contributed by atoms with Crippen LogP contribution in [0, 0.1) is 0 Å². The first-order valence-electron chi connectivity index (χ1n) is 3.71. The first-order chi connectivity index (χ1) is 5.48. The van der Waals surface area contributed by atoms with E-state index in [9.17, 15) is 13.2 Å². The molecule has 72 valence electrons. The lowest BCUT2D eigenvalue weighted by Gasteiger charge is -2.01. The lowest BCUT2D eigenvalue weighted by atomic mass is 10.3. The van der Waals surface area contributed by atoms with Gasteiger partial charge in [0.25, 0.3) is 0 Å². The average molecular weight is 195 g/mol. The molecule has 0 unspecified atom stereocenters. The van der Waals surface area contributed by atoms with Crippen LogP contribution in [-0.2, 0) is 10.0 Å². The summed E-state index contributed by atoms with van der Waals surface area (Å²) in [6.07, 6.45) is 0.675. The van der Waals surface area contributed by atoms with Crippen LogP contribution in [0.2, 0.25) is 0 Å². The fourth-order valence-electron chi connectivity index (χ4n) is 0.726. The van der Waals surface area contributed by atoms with E-state index in [4.69, 9.17) is 5.11 Å². The van der Waals surface area contributed by atoms with Gasteiger partial charge in [0.15, 0.2) is 0 Å². The van der Waals surface area contributed by atoms with Gasteiger partial charge in [0.05, 0.1) is 5.75 Å². The van der Waals surface area contributed by atoms with Crippen LogP contribution in [0.5, 0.6) is 0 Å². The summed E-state index contributed by atoms with van der Waals surface area (Å²) < 4.78 is 23.1. The van der Waals surface area contributed by atoms with E-state index < -0.39 is 16.1 Å². The highest BCUT2D eigenvalue weighted by Crippen LogP contribution is 1.97. The van der Waals surface area contributed by atoms with E-state index in [2.05, 4.69) is 0 Å². The summed E-state index contributed by atoms with van der Waals surface area (Å²) in [7, 11) is -3.60. The molecule has 12 heavy (non-hydrogen) atoms. The van der Waals surface area contributed by atoms with Gasteiger partial charge in [-0.25, -0.2) is 17.9 Å². The summed E-state index contributed by atoms with van der Waals surface area (Å²) in [6, 6.07) is 0. The highest BCUT2D eigenvalue weighted by atomic mass is 32.2. The fourth-order valence-corrected chi connectivity index (χ4v) is 1.68. The van der Waals surface area contributed by atoms with Crippen LogP contribution in [0.1, 0.15) is 26.2 Å². The Labute approximate surface area is 71.8 Å². The predicted molar refractivity (Wildman–Crippen MR) is 44.5 cm³/mol. The van der Waals surface area contributed by atoms with Gasteiger partial charge in [0.1, 0.15) is 0 Å². The molecule has 0 radical (unpaired) electrons. The van der Waals surface area contributed by atoms with Crippen molar-refractivity contribution in [1.29, 1.82) is 0 Å². The van der Waals surface area contributed by atoms with Crippen molar-refractivity contribution in [1.82, 2.24) is 4.72 Å². The molecule has 5 nitrogen and oxygen atoms in total. The predicted octanol–water partition coefficient (Wildman–Crippen LogP) is 0.774. The van der Waals surface area contributed by atoms with Crippen molar-refractivity contribution in [2.24, 2.45) is 0 Å². The molecular weight excluding hydrogens is 182 g/mol. The molecule has 0 bridgehead atoms. The van der Waals surface area contributed by atoms with Crippen molar-refractivity contribution >= 4 is 16.1 Å². The maximum atomic E-state index is 10.8. The second kappa shape index (κ2) is 4.97. The lowest BCUT2D eigenvalue weighted by molar-refractivity contribution is 0.201. The lowest BCUT2D eigenvalue weighted by Crippen LogP contribution is -2.30. The van der Waals surface area contributed by atoms with Gasteiger partial charge in [-0.15, -0.1) is 0 Å². The van der Waals surface area contributed by atoms with Crippen molar-refractivity contribution in [3.05, 3.63) is 0 Å². The zero-order valence-electron chi connectivity index (χ0n) is 6.91. The molecule has 0 saturated heterocycles. The molecule has 0 saturated carbocycles. The van der Waals surface area contributed by atoms with Crippen molar-refractivity contribution in [2.75, 3.05) is 5.75 Å². The van der Waals surface area contributed by atoms with E-state index in [0.717, 1.165) is 12.8 Å². The number of rotatable bonds is 5. The van der Waals surface area contributed by atoms with E-state index >= 15 is 0 Å². The Bertz CT molecular complexity index is 234. The van der Waals surface area contributed by atoms with Crippen LogP contribution in [0.4, 0.5) is 4.79 Å². The zero-order chi connectivity index (χ0) is 9.61. The smallest absolute Gasteiger partial charge is 0.418 e. The largest absolute Gasteiger partial charge is 0.464 e. The molecule has 0 aliphatic rings. The highest BCUT2D eigenvalue weighted by Gasteiger charge is 2.11. The minimum Gasteiger partial charge on any atom is -0.464 e. The van der Waals surface area contributed by atoms with Gasteiger partial charge in [0, 0.05) is 0 Å². The molecule has 0 aliphatic heterocycles. The highest BCUT2D eigenvalue weighted by molar-refractivity contribution is 7.90. The van der Waals surface area contributed by atoms with E-state index in [0.29, 0.717) is 6.42 Å².